The molecule has 2 aromatic carbocycles. The summed E-state index contributed by atoms with van der Waals surface area (Å²) in [5, 5.41) is 15.6. The van der Waals surface area contributed by atoms with Crippen LogP contribution in [0.5, 0.6) is 0 Å². The van der Waals surface area contributed by atoms with Gasteiger partial charge in [0, 0.05) is 69.0 Å². The van der Waals surface area contributed by atoms with Gasteiger partial charge in [0.2, 0.25) is 0 Å². The van der Waals surface area contributed by atoms with Crippen LogP contribution in [-0.2, 0) is 24.0 Å². The van der Waals surface area contributed by atoms with Crippen molar-refractivity contribution >= 4 is 11.7 Å². The summed E-state index contributed by atoms with van der Waals surface area (Å²) >= 11 is 0. The van der Waals surface area contributed by atoms with Gasteiger partial charge in [-0.3, -0.25) is 19.4 Å². The molecule has 1 aliphatic heterocycles. The number of amides is 1. The number of hydrogen-bond acceptors (Lipinski definition) is 7. The summed E-state index contributed by atoms with van der Waals surface area (Å²) in [5.74, 6) is -0.00771. The molecule has 5 rings (SSSR count). The van der Waals surface area contributed by atoms with E-state index in [-0.39, 0.29) is 0 Å². The van der Waals surface area contributed by atoms with Gasteiger partial charge in [-0.2, -0.15) is 5.10 Å². The fourth-order valence-electron chi connectivity index (χ4n) is 4.82. The molecule has 0 bridgehead atoms. The van der Waals surface area contributed by atoms with Gasteiger partial charge in [-0.25, -0.2) is 4.98 Å². The van der Waals surface area contributed by atoms with Gasteiger partial charge in [-0.1, -0.05) is 54.6 Å². The first-order chi connectivity index (χ1) is 17.9. The minimum Gasteiger partial charge on any atom is -0.372 e. The average Bonchev–Trinajstić information content (AvgIpc) is 3.25. The van der Waals surface area contributed by atoms with Crippen molar-refractivity contribution in [2.75, 3.05) is 31.1 Å². The van der Waals surface area contributed by atoms with E-state index in [9.17, 15) is 9.90 Å². The lowest BCUT2D eigenvalue weighted by Crippen LogP contribution is -2.46. The van der Waals surface area contributed by atoms with Gasteiger partial charge in [0.15, 0.2) is 11.4 Å². The van der Waals surface area contributed by atoms with Crippen molar-refractivity contribution in [3.63, 3.8) is 0 Å². The molecule has 2 aromatic heterocycles. The molecule has 1 aliphatic rings. The van der Waals surface area contributed by atoms with E-state index in [1.54, 1.807) is 48.8 Å². The number of nitrogens with zero attached hydrogens (tertiary/aromatic N) is 6. The Balaban J connectivity index is 1.35. The second kappa shape index (κ2) is 10.1. The van der Waals surface area contributed by atoms with Crippen LogP contribution < -0.4 is 10.6 Å². The lowest BCUT2D eigenvalue weighted by molar-refractivity contribution is -0.133. The molecule has 1 unspecified atom stereocenters. The molecule has 0 aliphatic carbocycles. The Morgan fingerprint density at radius 2 is 1.62 bits per heavy atom. The Labute approximate surface area is 216 Å². The van der Waals surface area contributed by atoms with Gasteiger partial charge < -0.3 is 15.7 Å². The molecular weight excluding hydrogens is 466 g/mol. The number of rotatable bonds is 7. The summed E-state index contributed by atoms with van der Waals surface area (Å²) in [7, 11) is 1.97. The number of carbonyl (C=O) groups is 1. The number of anilines is 1. The van der Waals surface area contributed by atoms with Gasteiger partial charge in [-0.05, 0) is 18.1 Å². The van der Waals surface area contributed by atoms with Crippen LogP contribution >= 0.6 is 0 Å². The van der Waals surface area contributed by atoms with E-state index in [0.717, 1.165) is 49.8 Å². The molecule has 190 valence electrons. The summed E-state index contributed by atoms with van der Waals surface area (Å²) in [6.45, 7) is 6.46. The van der Waals surface area contributed by atoms with Crippen molar-refractivity contribution in [1.82, 2.24) is 24.6 Å². The third-order valence-electron chi connectivity index (χ3n) is 7.21. The van der Waals surface area contributed by atoms with Crippen LogP contribution in [-0.4, -0.2) is 61.8 Å². The molecule has 1 amide bonds. The predicted molar refractivity (Wildman–Crippen MR) is 142 cm³/mol. The van der Waals surface area contributed by atoms with Crippen molar-refractivity contribution in [3.8, 4) is 11.3 Å². The number of nitrogens with two attached hydrogens (primary N) is 1. The van der Waals surface area contributed by atoms with Gasteiger partial charge in [-0.15, -0.1) is 0 Å². The second-order valence-electron chi connectivity index (χ2n) is 9.39. The first-order valence-corrected chi connectivity index (χ1v) is 12.3. The molecule has 0 radical (unpaired) electrons. The van der Waals surface area contributed by atoms with Crippen LogP contribution in [0.4, 0.5) is 5.82 Å². The SMILES string of the molecule is Cc1c(CN2CCN(c3nccnc3-c3ccc(C(O)(C(N)=O)c4ccccc4)cc3)CC2)cnn1C. The first kappa shape index (κ1) is 24.6. The molecule has 0 spiro atoms. The third-order valence-corrected chi connectivity index (χ3v) is 7.21. The van der Waals surface area contributed by atoms with Crippen molar-refractivity contribution in [2.45, 2.75) is 19.1 Å². The normalized spacial score (nSPS) is 15.9. The number of carbonyl (C=O) groups excluding carboxylic acids is 1. The second-order valence-corrected chi connectivity index (χ2v) is 9.39. The summed E-state index contributed by atoms with van der Waals surface area (Å²) < 4.78 is 1.91. The highest BCUT2D eigenvalue weighted by atomic mass is 16.3. The van der Waals surface area contributed by atoms with Gasteiger partial charge >= 0.3 is 0 Å². The summed E-state index contributed by atoms with van der Waals surface area (Å²) in [6.07, 6.45) is 5.33. The van der Waals surface area contributed by atoms with E-state index in [0.29, 0.717) is 11.1 Å². The zero-order valence-corrected chi connectivity index (χ0v) is 21.1. The highest BCUT2D eigenvalue weighted by molar-refractivity contribution is 5.89. The van der Waals surface area contributed by atoms with Crippen LogP contribution in [0.1, 0.15) is 22.4 Å². The number of aliphatic hydroxyl groups is 1. The lowest BCUT2D eigenvalue weighted by Gasteiger charge is -2.36. The topological polar surface area (TPSA) is 113 Å². The van der Waals surface area contributed by atoms with Crippen molar-refractivity contribution < 1.29 is 9.90 Å². The van der Waals surface area contributed by atoms with Gasteiger partial charge in [0.05, 0.1) is 6.20 Å². The van der Waals surface area contributed by atoms with E-state index in [1.165, 1.54) is 11.3 Å². The summed E-state index contributed by atoms with van der Waals surface area (Å²) in [6, 6.07) is 15.9. The molecule has 1 atom stereocenters. The Bertz CT molecular complexity index is 1380. The maximum absolute atomic E-state index is 12.3. The van der Waals surface area contributed by atoms with Gasteiger partial charge in [0.1, 0.15) is 5.69 Å². The average molecular weight is 498 g/mol. The smallest absolute Gasteiger partial charge is 0.258 e. The summed E-state index contributed by atoms with van der Waals surface area (Å²) in [4.78, 5) is 26.3. The lowest BCUT2D eigenvalue weighted by atomic mass is 9.85. The molecule has 3 heterocycles. The molecule has 37 heavy (non-hydrogen) atoms. The van der Waals surface area contributed by atoms with Crippen LogP contribution in [0, 0.1) is 6.92 Å². The number of primary amides is 1. The zero-order chi connectivity index (χ0) is 26.0. The van der Waals surface area contributed by atoms with Gasteiger partial charge in [0.25, 0.3) is 5.91 Å². The van der Waals surface area contributed by atoms with E-state index in [2.05, 4.69) is 31.8 Å². The highest BCUT2D eigenvalue weighted by Crippen LogP contribution is 2.33. The fourth-order valence-corrected chi connectivity index (χ4v) is 4.82. The molecule has 1 saturated heterocycles. The largest absolute Gasteiger partial charge is 0.372 e. The maximum atomic E-state index is 12.3. The quantitative estimate of drug-likeness (QED) is 0.403. The zero-order valence-electron chi connectivity index (χ0n) is 21.1. The molecule has 0 saturated carbocycles. The number of hydrogen-bond donors (Lipinski definition) is 2. The van der Waals surface area contributed by atoms with Crippen molar-refractivity contribution in [1.29, 1.82) is 0 Å². The minimum atomic E-state index is -1.92. The number of piperazine rings is 1. The summed E-state index contributed by atoms with van der Waals surface area (Å²) in [5.41, 5.74) is 8.60. The van der Waals surface area contributed by atoms with E-state index < -0.39 is 11.5 Å². The molecule has 9 nitrogen and oxygen atoms in total. The fraction of sp³-hybridized carbons (Fsp3) is 0.286. The van der Waals surface area contributed by atoms with E-state index in [4.69, 9.17) is 5.73 Å². The minimum absolute atomic E-state index is 0.402. The Kier molecular flexibility index (Phi) is 6.73. The number of aromatic nitrogens is 4. The van der Waals surface area contributed by atoms with Crippen LogP contribution in [0.3, 0.4) is 0 Å². The van der Waals surface area contributed by atoms with E-state index in [1.807, 2.05) is 36.1 Å². The Morgan fingerprint density at radius 1 is 0.973 bits per heavy atom. The predicted octanol–water partition coefficient (Wildman–Crippen LogP) is 2.23. The number of aryl methyl sites for hydroxylation is 1. The molecular formula is C28H31N7O2. The first-order valence-electron chi connectivity index (χ1n) is 12.3. The molecule has 1 fully saturated rings. The molecule has 9 heteroatoms. The van der Waals surface area contributed by atoms with Crippen LogP contribution in [0.15, 0.2) is 73.2 Å². The van der Waals surface area contributed by atoms with Crippen molar-refractivity contribution in [3.05, 3.63) is 95.6 Å². The standard InChI is InChI=1S/C28H31N7O2/c1-20-22(18-32-33(20)2)19-34-14-16-35(17-15-34)26-25(30-12-13-31-26)21-8-10-24(11-9-21)28(37,27(29)36)23-6-4-3-5-7-23/h3-13,18,37H,14-17,19H2,1-2H3,(H2,29,36). The highest BCUT2D eigenvalue weighted by Gasteiger charge is 2.38. The number of benzene rings is 2. The molecule has 4 aromatic rings. The third kappa shape index (κ3) is 4.71. The Hall–Kier alpha value is -4.08. The molecule has 3 N–H and O–H groups in total. The van der Waals surface area contributed by atoms with Crippen LogP contribution in [0.2, 0.25) is 0 Å². The van der Waals surface area contributed by atoms with Crippen molar-refractivity contribution in [2.24, 2.45) is 12.8 Å². The van der Waals surface area contributed by atoms with Crippen LogP contribution in [0.25, 0.3) is 11.3 Å². The monoisotopic (exact) mass is 497 g/mol. The Morgan fingerprint density at radius 3 is 2.24 bits per heavy atom. The maximum Gasteiger partial charge on any atom is 0.258 e. The van der Waals surface area contributed by atoms with E-state index >= 15 is 0 Å².